The van der Waals surface area contributed by atoms with Crippen molar-refractivity contribution in [3.8, 4) is 0 Å². The number of hydrogen-bond acceptors (Lipinski definition) is 4. The largest absolute Gasteiger partial charge is 0.460 e. The van der Waals surface area contributed by atoms with E-state index in [0.29, 0.717) is 19.7 Å². The van der Waals surface area contributed by atoms with Crippen molar-refractivity contribution in [2.75, 3.05) is 13.2 Å². The lowest BCUT2D eigenvalue weighted by molar-refractivity contribution is -0.137. The van der Waals surface area contributed by atoms with Gasteiger partial charge in [0, 0.05) is 0 Å². The maximum absolute atomic E-state index is 10.7. The van der Waals surface area contributed by atoms with Crippen LogP contribution in [0.5, 0.6) is 0 Å². The molecule has 0 aromatic heterocycles. The van der Waals surface area contributed by atoms with Crippen molar-refractivity contribution >= 4 is 18.1 Å². The predicted octanol–water partition coefficient (Wildman–Crippen LogP) is 3.57. The van der Waals surface area contributed by atoms with Gasteiger partial charge in [-0.1, -0.05) is 60.7 Å². The molecule has 0 heterocycles. The van der Waals surface area contributed by atoms with Crippen molar-refractivity contribution in [3.05, 3.63) is 71.8 Å². The first-order valence-corrected chi connectivity index (χ1v) is 8.19. The van der Waals surface area contributed by atoms with Gasteiger partial charge in [0.25, 0.3) is 6.47 Å². The van der Waals surface area contributed by atoms with Crippen molar-refractivity contribution in [2.45, 2.75) is 24.7 Å². The summed E-state index contributed by atoms with van der Waals surface area (Å²) in [4.78, 5) is 10.7. The minimum Gasteiger partial charge on any atom is -0.460 e. The lowest BCUT2D eigenvalue weighted by atomic mass is 10.2. The molecule has 2 rings (SSSR count). The molecule has 0 aliphatic rings. The first-order chi connectivity index (χ1) is 11.8. The number of hydrogen-bond donors (Lipinski definition) is 0. The van der Waals surface area contributed by atoms with E-state index >= 15 is 0 Å². The van der Waals surface area contributed by atoms with Crippen LogP contribution in [0.2, 0.25) is 0 Å². The normalized spacial score (nSPS) is 13.2. The van der Waals surface area contributed by atoms with Crippen molar-refractivity contribution in [1.29, 1.82) is 0 Å². The summed E-state index contributed by atoms with van der Waals surface area (Å²) in [7, 11) is 0. The van der Waals surface area contributed by atoms with Crippen LogP contribution in [0.25, 0.3) is 0 Å². The molecule has 0 saturated heterocycles. The minimum atomic E-state index is -0.552. The smallest absolute Gasteiger partial charge is 0.293 e. The van der Waals surface area contributed by atoms with E-state index in [1.807, 2.05) is 60.7 Å². The van der Waals surface area contributed by atoms with E-state index in [4.69, 9.17) is 25.8 Å². The molecule has 0 aliphatic heterocycles. The maximum atomic E-state index is 10.7. The van der Waals surface area contributed by atoms with E-state index in [1.165, 1.54) is 0 Å². The van der Waals surface area contributed by atoms with Gasteiger partial charge in [-0.3, -0.25) is 4.79 Å². The number of rotatable bonds is 11. The van der Waals surface area contributed by atoms with Crippen molar-refractivity contribution in [2.24, 2.45) is 0 Å². The molecular formula is C19H21ClO4. The summed E-state index contributed by atoms with van der Waals surface area (Å²) in [6.07, 6.45) is -0.552. The molecule has 24 heavy (non-hydrogen) atoms. The Kier molecular flexibility index (Phi) is 8.32. The van der Waals surface area contributed by atoms with Crippen molar-refractivity contribution < 1.29 is 19.0 Å². The highest BCUT2D eigenvalue weighted by Crippen LogP contribution is 2.11. The van der Waals surface area contributed by atoms with Gasteiger partial charge in [0.05, 0.1) is 31.8 Å². The average molecular weight is 349 g/mol. The third-order valence-corrected chi connectivity index (χ3v) is 3.82. The van der Waals surface area contributed by atoms with Gasteiger partial charge in [-0.05, 0) is 11.1 Å². The molecule has 0 bridgehead atoms. The summed E-state index contributed by atoms with van der Waals surface area (Å²) in [5, 5.41) is -0.477. The van der Waals surface area contributed by atoms with Gasteiger partial charge in [0.1, 0.15) is 6.10 Å². The van der Waals surface area contributed by atoms with Gasteiger partial charge in [0.2, 0.25) is 0 Å². The second kappa shape index (κ2) is 10.8. The van der Waals surface area contributed by atoms with Gasteiger partial charge in [-0.2, -0.15) is 0 Å². The van der Waals surface area contributed by atoms with Gasteiger partial charge in [-0.15, -0.1) is 11.6 Å². The molecule has 4 nitrogen and oxygen atoms in total. The van der Waals surface area contributed by atoms with Crippen LogP contribution in [0.3, 0.4) is 0 Å². The summed E-state index contributed by atoms with van der Waals surface area (Å²) in [5.41, 5.74) is 2.11. The predicted molar refractivity (Wildman–Crippen MR) is 92.8 cm³/mol. The molecule has 128 valence electrons. The van der Waals surface area contributed by atoms with Crippen LogP contribution in [0.15, 0.2) is 60.7 Å². The molecule has 0 aliphatic carbocycles. The second-order valence-corrected chi connectivity index (χ2v) is 5.85. The van der Waals surface area contributed by atoms with Crippen LogP contribution in [-0.2, 0) is 32.2 Å². The maximum Gasteiger partial charge on any atom is 0.293 e. The molecule has 0 radical (unpaired) electrons. The van der Waals surface area contributed by atoms with Crippen LogP contribution in [0.4, 0.5) is 0 Å². The quantitative estimate of drug-likeness (QED) is 0.460. The van der Waals surface area contributed by atoms with Crippen molar-refractivity contribution in [1.82, 2.24) is 0 Å². The SMILES string of the molecule is O=COC(COCc1ccccc1)C(Cl)COCc1ccccc1. The zero-order valence-electron chi connectivity index (χ0n) is 13.3. The summed E-state index contributed by atoms with van der Waals surface area (Å²) in [5.74, 6) is 0. The standard InChI is InChI=1S/C19H21ClO4/c20-18(13-22-11-16-7-3-1-4-8-16)19(24-15-21)14-23-12-17-9-5-2-6-10-17/h1-10,15,18-19H,11-14H2. The van der Waals surface area contributed by atoms with Gasteiger partial charge in [0.15, 0.2) is 0 Å². The Balaban J connectivity index is 1.72. The lowest BCUT2D eigenvalue weighted by Crippen LogP contribution is -2.33. The molecule has 2 aromatic rings. The Bertz CT molecular complexity index is 576. The Morgan fingerprint density at radius 1 is 0.833 bits per heavy atom. The van der Waals surface area contributed by atoms with E-state index < -0.39 is 11.5 Å². The highest BCUT2D eigenvalue weighted by Gasteiger charge is 2.21. The molecule has 2 aromatic carbocycles. The number of carbonyl (C=O) groups excluding carboxylic acids is 1. The van der Waals surface area contributed by atoms with Crippen LogP contribution < -0.4 is 0 Å². The fourth-order valence-corrected chi connectivity index (χ4v) is 2.36. The minimum absolute atomic E-state index is 0.219. The summed E-state index contributed by atoms with van der Waals surface area (Å²) < 4.78 is 16.2. The third kappa shape index (κ3) is 6.71. The van der Waals surface area contributed by atoms with E-state index in [1.54, 1.807) is 0 Å². The highest BCUT2D eigenvalue weighted by atomic mass is 35.5. The monoisotopic (exact) mass is 348 g/mol. The summed E-state index contributed by atoms with van der Waals surface area (Å²) in [6, 6.07) is 19.6. The van der Waals surface area contributed by atoms with E-state index in [9.17, 15) is 4.79 Å². The van der Waals surface area contributed by atoms with Gasteiger partial charge < -0.3 is 14.2 Å². The van der Waals surface area contributed by atoms with E-state index in [-0.39, 0.29) is 13.2 Å². The van der Waals surface area contributed by atoms with Crippen LogP contribution >= 0.6 is 11.6 Å². The highest BCUT2D eigenvalue weighted by molar-refractivity contribution is 6.21. The fraction of sp³-hybridized carbons (Fsp3) is 0.316. The molecule has 0 fully saturated rings. The molecule has 0 spiro atoms. The Labute approximate surface area is 147 Å². The fourth-order valence-electron chi connectivity index (χ4n) is 2.14. The lowest BCUT2D eigenvalue weighted by Gasteiger charge is -2.20. The molecule has 0 N–H and O–H groups in total. The van der Waals surface area contributed by atoms with Crippen LogP contribution in [-0.4, -0.2) is 31.2 Å². The molecule has 2 unspecified atom stereocenters. The van der Waals surface area contributed by atoms with Gasteiger partial charge >= 0.3 is 0 Å². The first-order valence-electron chi connectivity index (χ1n) is 7.76. The van der Waals surface area contributed by atoms with Crippen LogP contribution in [0.1, 0.15) is 11.1 Å². The van der Waals surface area contributed by atoms with E-state index in [2.05, 4.69) is 0 Å². The number of benzene rings is 2. The Hall–Kier alpha value is -1.88. The first kappa shape index (κ1) is 18.5. The zero-order chi connectivity index (χ0) is 17.0. The number of alkyl halides is 1. The number of halogens is 1. The Morgan fingerprint density at radius 2 is 1.33 bits per heavy atom. The number of ether oxygens (including phenoxy) is 3. The van der Waals surface area contributed by atoms with E-state index in [0.717, 1.165) is 11.1 Å². The molecular weight excluding hydrogens is 328 g/mol. The van der Waals surface area contributed by atoms with Crippen molar-refractivity contribution in [3.63, 3.8) is 0 Å². The molecule has 5 heteroatoms. The second-order valence-electron chi connectivity index (χ2n) is 5.29. The van der Waals surface area contributed by atoms with Crippen LogP contribution in [0, 0.1) is 0 Å². The molecule has 0 amide bonds. The molecule has 0 saturated carbocycles. The summed E-state index contributed by atoms with van der Waals surface area (Å²) in [6.45, 7) is 1.78. The zero-order valence-corrected chi connectivity index (χ0v) is 14.1. The third-order valence-electron chi connectivity index (χ3n) is 3.42. The summed E-state index contributed by atoms with van der Waals surface area (Å²) >= 11 is 6.28. The number of carbonyl (C=O) groups is 1. The van der Waals surface area contributed by atoms with Gasteiger partial charge in [-0.25, -0.2) is 0 Å². The Morgan fingerprint density at radius 3 is 1.83 bits per heavy atom. The molecule has 2 atom stereocenters. The average Bonchev–Trinajstić information content (AvgIpc) is 2.63. The topological polar surface area (TPSA) is 44.8 Å².